The lowest BCUT2D eigenvalue weighted by molar-refractivity contribution is -0.140. The summed E-state index contributed by atoms with van der Waals surface area (Å²) >= 11 is 0. The molecule has 1 saturated carbocycles. The molecule has 4 rings (SSSR count). The van der Waals surface area contributed by atoms with Gasteiger partial charge in [0.15, 0.2) is 0 Å². The summed E-state index contributed by atoms with van der Waals surface area (Å²) < 4.78 is 0. The van der Waals surface area contributed by atoms with Crippen LogP contribution < -0.4 is 10.9 Å². The number of piperazine rings is 1. The highest BCUT2D eigenvalue weighted by Gasteiger charge is 2.35. The molecule has 152 valence electrons. The third kappa shape index (κ3) is 4.52. The molecule has 2 aliphatic heterocycles. The Morgan fingerprint density at radius 2 is 1.79 bits per heavy atom. The van der Waals surface area contributed by atoms with E-state index in [2.05, 4.69) is 15.8 Å². The molecular formula is C21H31N5O2. The first-order chi connectivity index (χ1) is 13.7. The third-order valence-electron chi connectivity index (χ3n) is 6.43. The summed E-state index contributed by atoms with van der Waals surface area (Å²) in [5, 5.41) is 0. The molecule has 0 aromatic carbocycles. The van der Waals surface area contributed by atoms with E-state index in [1.54, 1.807) is 6.20 Å². The van der Waals surface area contributed by atoms with Crippen molar-refractivity contribution in [2.45, 2.75) is 57.0 Å². The molecule has 0 radical (unpaired) electrons. The molecule has 1 aromatic rings. The van der Waals surface area contributed by atoms with Gasteiger partial charge in [0.25, 0.3) is 0 Å². The summed E-state index contributed by atoms with van der Waals surface area (Å²) in [4.78, 5) is 33.5. The second-order valence-corrected chi connectivity index (χ2v) is 8.28. The molecule has 2 saturated heterocycles. The molecule has 3 heterocycles. The summed E-state index contributed by atoms with van der Waals surface area (Å²) in [6.07, 6.45) is 9.39. The zero-order chi connectivity index (χ0) is 19.3. The molecule has 0 bridgehead atoms. The lowest BCUT2D eigenvalue weighted by Gasteiger charge is -2.36. The highest BCUT2D eigenvalue weighted by atomic mass is 16.2. The van der Waals surface area contributed by atoms with E-state index in [0.717, 1.165) is 18.0 Å². The number of hydrazine groups is 1. The quantitative estimate of drug-likeness (QED) is 0.806. The number of pyridine rings is 1. The minimum Gasteiger partial charge on any atom is -0.339 e. The van der Waals surface area contributed by atoms with Gasteiger partial charge in [0.05, 0.1) is 11.7 Å². The SMILES string of the molecule is O=C(CCC1CCCC1)N1CCN(C(=O)C2CC(c3ccccn3)NN2)CC1. The van der Waals surface area contributed by atoms with Crippen molar-refractivity contribution < 1.29 is 9.59 Å². The van der Waals surface area contributed by atoms with Crippen LogP contribution in [0.5, 0.6) is 0 Å². The van der Waals surface area contributed by atoms with Crippen LogP contribution in [0.25, 0.3) is 0 Å². The fourth-order valence-electron chi connectivity index (χ4n) is 4.68. The van der Waals surface area contributed by atoms with Crippen molar-refractivity contribution in [2.24, 2.45) is 5.92 Å². The zero-order valence-electron chi connectivity index (χ0n) is 16.5. The van der Waals surface area contributed by atoms with Crippen LogP contribution in [-0.4, -0.2) is 58.8 Å². The van der Waals surface area contributed by atoms with Gasteiger partial charge in [-0.1, -0.05) is 31.7 Å². The molecule has 7 nitrogen and oxygen atoms in total. The van der Waals surface area contributed by atoms with E-state index in [1.807, 2.05) is 28.0 Å². The number of nitrogens with one attached hydrogen (secondary N) is 2. The fraction of sp³-hybridized carbons (Fsp3) is 0.667. The maximum Gasteiger partial charge on any atom is 0.241 e. The molecule has 2 unspecified atom stereocenters. The van der Waals surface area contributed by atoms with Crippen molar-refractivity contribution in [1.29, 1.82) is 0 Å². The highest BCUT2D eigenvalue weighted by molar-refractivity contribution is 5.83. The number of nitrogens with zero attached hydrogens (tertiary/aromatic N) is 3. The third-order valence-corrected chi connectivity index (χ3v) is 6.43. The molecule has 2 amide bonds. The van der Waals surface area contributed by atoms with Crippen LogP contribution in [0.4, 0.5) is 0 Å². The smallest absolute Gasteiger partial charge is 0.241 e. The van der Waals surface area contributed by atoms with Crippen molar-refractivity contribution in [3.8, 4) is 0 Å². The lowest BCUT2D eigenvalue weighted by atomic mass is 10.0. The van der Waals surface area contributed by atoms with Gasteiger partial charge in [-0.05, 0) is 30.9 Å². The molecule has 3 fully saturated rings. The van der Waals surface area contributed by atoms with E-state index in [0.29, 0.717) is 39.0 Å². The first kappa shape index (κ1) is 19.3. The van der Waals surface area contributed by atoms with Gasteiger partial charge in [0.1, 0.15) is 6.04 Å². The summed E-state index contributed by atoms with van der Waals surface area (Å²) in [5.74, 6) is 1.12. The van der Waals surface area contributed by atoms with Gasteiger partial charge in [0.2, 0.25) is 11.8 Å². The summed E-state index contributed by atoms with van der Waals surface area (Å²) in [6, 6.07) is 5.64. The molecule has 3 aliphatic rings. The van der Waals surface area contributed by atoms with Crippen LogP contribution in [0.2, 0.25) is 0 Å². The maximum absolute atomic E-state index is 12.9. The number of rotatable bonds is 5. The van der Waals surface area contributed by atoms with E-state index in [9.17, 15) is 9.59 Å². The molecule has 2 N–H and O–H groups in total. The molecular weight excluding hydrogens is 354 g/mol. The van der Waals surface area contributed by atoms with Crippen LogP contribution in [0.1, 0.15) is 56.7 Å². The predicted molar refractivity (Wildman–Crippen MR) is 106 cm³/mol. The van der Waals surface area contributed by atoms with E-state index in [1.165, 1.54) is 25.7 Å². The van der Waals surface area contributed by atoms with Crippen LogP contribution in [0, 0.1) is 5.92 Å². The predicted octanol–water partition coefficient (Wildman–Crippen LogP) is 1.63. The summed E-state index contributed by atoms with van der Waals surface area (Å²) in [7, 11) is 0. The van der Waals surface area contributed by atoms with Gasteiger partial charge >= 0.3 is 0 Å². The normalized spacial score (nSPS) is 26.0. The number of amides is 2. The lowest BCUT2D eigenvalue weighted by Crippen LogP contribution is -2.54. The molecule has 1 aromatic heterocycles. The minimum absolute atomic E-state index is 0.0496. The first-order valence-corrected chi connectivity index (χ1v) is 10.7. The Balaban J connectivity index is 1.21. The van der Waals surface area contributed by atoms with Gasteiger partial charge in [-0.3, -0.25) is 14.6 Å². The Morgan fingerprint density at radius 1 is 1.04 bits per heavy atom. The molecule has 28 heavy (non-hydrogen) atoms. The van der Waals surface area contributed by atoms with Crippen LogP contribution >= 0.6 is 0 Å². The first-order valence-electron chi connectivity index (χ1n) is 10.7. The summed E-state index contributed by atoms with van der Waals surface area (Å²) in [5.41, 5.74) is 7.26. The van der Waals surface area contributed by atoms with Gasteiger partial charge in [0, 0.05) is 38.8 Å². The van der Waals surface area contributed by atoms with Gasteiger partial charge in [-0.2, -0.15) is 0 Å². The number of aromatic nitrogens is 1. The number of hydrogen-bond acceptors (Lipinski definition) is 5. The van der Waals surface area contributed by atoms with Gasteiger partial charge in [-0.25, -0.2) is 10.9 Å². The van der Waals surface area contributed by atoms with Crippen LogP contribution in [0.3, 0.4) is 0 Å². The monoisotopic (exact) mass is 385 g/mol. The average molecular weight is 386 g/mol. The van der Waals surface area contributed by atoms with E-state index < -0.39 is 0 Å². The number of carbonyl (C=O) groups excluding carboxylic acids is 2. The zero-order valence-corrected chi connectivity index (χ0v) is 16.5. The van der Waals surface area contributed by atoms with Crippen molar-refractivity contribution >= 4 is 11.8 Å². The van der Waals surface area contributed by atoms with Crippen LogP contribution in [0.15, 0.2) is 24.4 Å². The number of carbonyl (C=O) groups is 2. The van der Waals surface area contributed by atoms with Gasteiger partial charge < -0.3 is 9.80 Å². The van der Waals surface area contributed by atoms with Gasteiger partial charge in [-0.15, -0.1) is 0 Å². The largest absolute Gasteiger partial charge is 0.339 e. The van der Waals surface area contributed by atoms with Crippen molar-refractivity contribution in [1.82, 2.24) is 25.6 Å². The van der Waals surface area contributed by atoms with E-state index in [4.69, 9.17) is 0 Å². The Labute approximate surface area is 166 Å². The summed E-state index contributed by atoms with van der Waals surface area (Å²) in [6.45, 7) is 2.55. The van der Waals surface area contributed by atoms with Crippen molar-refractivity contribution in [3.05, 3.63) is 30.1 Å². The second-order valence-electron chi connectivity index (χ2n) is 8.28. The van der Waals surface area contributed by atoms with Crippen molar-refractivity contribution in [3.63, 3.8) is 0 Å². The highest BCUT2D eigenvalue weighted by Crippen LogP contribution is 2.29. The fourth-order valence-corrected chi connectivity index (χ4v) is 4.68. The maximum atomic E-state index is 12.9. The standard InChI is InChI=1S/C21H31N5O2/c27-20(9-8-16-5-1-2-6-16)25-11-13-26(14-12-25)21(28)19-15-18(23-24-19)17-7-3-4-10-22-17/h3-4,7,10,16,18-19,23-24H,1-2,5-6,8-9,11-15H2. The number of hydrogen-bond donors (Lipinski definition) is 2. The van der Waals surface area contributed by atoms with E-state index in [-0.39, 0.29) is 23.9 Å². The second kappa shape index (κ2) is 9.01. The minimum atomic E-state index is -0.239. The topological polar surface area (TPSA) is 77.6 Å². The Morgan fingerprint density at radius 3 is 2.50 bits per heavy atom. The molecule has 2 atom stereocenters. The Kier molecular flexibility index (Phi) is 6.22. The Bertz CT molecular complexity index is 669. The molecule has 7 heteroatoms. The molecule has 1 aliphatic carbocycles. The Hall–Kier alpha value is -1.99. The van der Waals surface area contributed by atoms with Crippen LogP contribution in [-0.2, 0) is 9.59 Å². The average Bonchev–Trinajstić information content (AvgIpc) is 3.44. The van der Waals surface area contributed by atoms with Crippen molar-refractivity contribution in [2.75, 3.05) is 26.2 Å². The van der Waals surface area contributed by atoms with E-state index >= 15 is 0 Å². The molecule has 0 spiro atoms.